The molecule has 0 atom stereocenters. The first-order valence-corrected chi connectivity index (χ1v) is 7.31. The molecule has 0 aliphatic rings. The highest BCUT2D eigenvalue weighted by Gasteiger charge is 2.38. The summed E-state index contributed by atoms with van der Waals surface area (Å²) >= 11 is 0. The largest absolute Gasteiger partial charge is 0.423 e. The maximum atomic E-state index is 12.9. The first kappa shape index (κ1) is 18.4. The van der Waals surface area contributed by atoms with E-state index in [1.807, 2.05) is 31.0 Å². The summed E-state index contributed by atoms with van der Waals surface area (Å²) in [4.78, 5) is 11.6. The van der Waals surface area contributed by atoms with Gasteiger partial charge in [-0.3, -0.25) is 10.1 Å². The van der Waals surface area contributed by atoms with Gasteiger partial charge in [0.1, 0.15) is 5.56 Å². The number of anilines is 1. The number of hydrogen-bond acceptors (Lipinski definition) is 5. The summed E-state index contributed by atoms with van der Waals surface area (Å²) in [5, 5.41) is 18.3. The Morgan fingerprint density at radius 2 is 1.64 bits per heavy atom. The molecule has 132 valence electrons. The molecule has 2 aromatic carbocycles. The van der Waals surface area contributed by atoms with Crippen molar-refractivity contribution >= 4 is 22.7 Å². The summed E-state index contributed by atoms with van der Waals surface area (Å²) in [6.45, 7) is 2.82. The van der Waals surface area contributed by atoms with Gasteiger partial charge in [-0.15, -0.1) is 0 Å². The topological polar surface area (TPSA) is 71.1 Å². The van der Waals surface area contributed by atoms with Crippen molar-refractivity contribution in [3.8, 4) is 0 Å². The van der Waals surface area contributed by atoms with Gasteiger partial charge in [-0.1, -0.05) is 0 Å². The van der Waals surface area contributed by atoms with Gasteiger partial charge in [0.25, 0.3) is 5.69 Å². The van der Waals surface area contributed by atoms with Crippen LogP contribution >= 0.6 is 0 Å². The molecule has 9 heteroatoms. The number of nitrogens with zero attached hydrogens (tertiary/aromatic N) is 4. The van der Waals surface area contributed by atoms with Crippen LogP contribution in [0.15, 0.2) is 52.7 Å². The van der Waals surface area contributed by atoms with E-state index in [0.29, 0.717) is 11.8 Å². The highest BCUT2D eigenvalue weighted by Crippen LogP contribution is 2.38. The summed E-state index contributed by atoms with van der Waals surface area (Å²) in [7, 11) is 1.92. The lowest BCUT2D eigenvalue weighted by Crippen LogP contribution is -2.15. The van der Waals surface area contributed by atoms with Gasteiger partial charge in [-0.25, -0.2) is 0 Å². The Balaban J connectivity index is 2.28. The van der Waals surface area contributed by atoms with E-state index in [-0.39, 0.29) is 5.69 Å². The van der Waals surface area contributed by atoms with E-state index in [1.54, 1.807) is 12.1 Å². The van der Waals surface area contributed by atoms with Crippen LogP contribution in [0.3, 0.4) is 0 Å². The summed E-state index contributed by atoms with van der Waals surface area (Å²) in [6.07, 6.45) is -4.85. The highest BCUT2D eigenvalue weighted by molar-refractivity contribution is 5.54. The second kappa shape index (κ2) is 7.29. The average Bonchev–Trinajstić information content (AvgIpc) is 2.58. The third-order valence-corrected chi connectivity index (χ3v) is 3.53. The van der Waals surface area contributed by atoms with E-state index in [1.165, 1.54) is 0 Å². The molecule has 0 fully saturated rings. The molecule has 0 bridgehead atoms. The number of alkyl halides is 3. The third-order valence-electron chi connectivity index (χ3n) is 3.53. The molecule has 0 saturated carbocycles. The maximum absolute atomic E-state index is 12.9. The Morgan fingerprint density at radius 1 is 1.08 bits per heavy atom. The third kappa shape index (κ3) is 4.52. The SMILES string of the molecule is CCN(C)c1ccc(N=Nc2ccc([N+](=O)[O-])c(C(F)(F)F)c2)cc1. The molecule has 0 N–H and O–H groups in total. The van der Waals surface area contributed by atoms with Gasteiger partial charge < -0.3 is 4.90 Å². The summed E-state index contributed by atoms with van der Waals surface area (Å²) < 4.78 is 38.8. The van der Waals surface area contributed by atoms with Gasteiger partial charge in [0, 0.05) is 25.3 Å². The van der Waals surface area contributed by atoms with Crippen LogP contribution in [-0.4, -0.2) is 18.5 Å². The Morgan fingerprint density at radius 3 is 2.16 bits per heavy atom. The van der Waals surface area contributed by atoms with Gasteiger partial charge in [0.05, 0.1) is 16.3 Å². The van der Waals surface area contributed by atoms with Crippen molar-refractivity contribution in [1.82, 2.24) is 0 Å². The van der Waals surface area contributed by atoms with Crippen molar-refractivity contribution < 1.29 is 18.1 Å². The molecule has 25 heavy (non-hydrogen) atoms. The fraction of sp³-hybridized carbons (Fsp3) is 0.250. The van der Waals surface area contributed by atoms with Crippen LogP contribution in [0.1, 0.15) is 12.5 Å². The fourth-order valence-electron chi connectivity index (χ4n) is 2.04. The van der Waals surface area contributed by atoms with E-state index in [4.69, 9.17) is 0 Å². The van der Waals surface area contributed by atoms with Crippen molar-refractivity contribution in [2.24, 2.45) is 10.2 Å². The van der Waals surface area contributed by atoms with Gasteiger partial charge >= 0.3 is 6.18 Å². The quantitative estimate of drug-likeness (QED) is 0.406. The lowest BCUT2D eigenvalue weighted by molar-refractivity contribution is -0.388. The van der Waals surface area contributed by atoms with Crippen LogP contribution in [0, 0.1) is 10.1 Å². The zero-order valence-electron chi connectivity index (χ0n) is 13.5. The molecule has 6 nitrogen and oxygen atoms in total. The van der Waals surface area contributed by atoms with Crippen molar-refractivity contribution in [2.75, 3.05) is 18.5 Å². The predicted molar refractivity (Wildman–Crippen MR) is 87.7 cm³/mol. The normalized spacial score (nSPS) is 11.7. The van der Waals surface area contributed by atoms with Crippen LogP contribution in [0.4, 0.5) is 35.9 Å². The van der Waals surface area contributed by atoms with E-state index in [2.05, 4.69) is 10.2 Å². The number of halogens is 3. The van der Waals surface area contributed by atoms with E-state index >= 15 is 0 Å². The number of nitro groups is 1. The number of nitro benzene ring substituents is 1. The number of azo groups is 1. The standard InChI is InChI=1S/C16H15F3N4O2/c1-3-22(2)13-7-4-11(5-8-13)20-21-12-6-9-15(23(24)25)14(10-12)16(17,18)19/h4-10H,3H2,1-2H3. The zero-order chi connectivity index (χ0) is 18.6. The maximum Gasteiger partial charge on any atom is 0.423 e. The second-order valence-corrected chi connectivity index (χ2v) is 5.19. The first-order chi connectivity index (χ1) is 11.7. The minimum absolute atomic E-state index is 0.118. The molecule has 0 spiro atoms. The lowest BCUT2D eigenvalue weighted by Gasteiger charge is -2.16. The molecule has 2 aromatic rings. The van der Waals surface area contributed by atoms with Crippen LogP contribution in [-0.2, 0) is 6.18 Å². The Labute approximate surface area is 141 Å². The van der Waals surface area contributed by atoms with Gasteiger partial charge in [0.15, 0.2) is 0 Å². The number of rotatable bonds is 5. The smallest absolute Gasteiger partial charge is 0.375 e. The molecule has 0 amide bonds. The molecule has 0 heterocycles. The monoisotopic (exact) mass is 352 g/mol. The summed E-state index contributed by atoms with van der Waals surface area (Å²) in [6, 6.07) is 9.50. The first-order valence-electron chi connectivity index (χ1n) is 7.31. The van der Waals surface area contributed by atoms with Crippen molar-refractivity contribution in [2.45, 2.75) is 13.1 Å². The van der Waals surface area contributed by atoms with Gasteiger partial charge in [-0.05, 0) is 43.3 Å². The average molecular weight is 352 g/mol. The molecule has 0 aliphatic heterocycles. The van der Waals surface area contributed by atoms with E-state index in [9.17, 15) is 23.3 Å². The molecular formula is C16H15F3N4O2. The second-order valence-electron chi connectivity index (χ2n) is 5.19. The summed E-state index contributed by atoms with van der Waals surface area (Å²) in [5.74, 6) is 0. The van der Waals surface area contributed by atoms with Crippen LogP contribution in [0.25, 0.3) is 0 Å². The highest BCUT2D eigenvalue weighted by atomic mass is 19.4. The number of hydrogen-bond donors (Lipinski definition) is 0. The van der Waals surface area contributed by atoms with Crippen molar-refractivity contribution in [3.05, 3.63) is 58.1 Å². The molecule has 0 unspecified atom stereocenters. The van der Waals surface area contributed by atoms with E-state index in [0.717, 1.165) is 24.4 Å². The molecular weight excluding hydrogens is 337 g/mol. The lowest BCUT2D eigenvalue weighted by atomic mass is 10.1. The molecule has 0 saturated heterocycles. The summed E-state index contributed by atoms with van der Waals surface area (Å²) in [5.41, 5.74) is -1.06. The van der Waals surface area contributed by atoms with Crippen LogP contribution < -0.4 is 4.90 Å². The van der Waals surface area contributed by atoms with Crippen LogP contribution in [0.2, 0.25) is 0 Å². The Hall–Kier alpha value is -2.97. The fourth-order valence-corrected chi connectivity index (χ4v) is 2.04. The molecule has 0 radical (unpaired) electrons. The zero-order valence-corrected chi connectivity index (χ0v) is 13.5. The molecule has 0 aliphatic carbocycles. The molecule has 2 rings (SSSR count). The minimum atomic E-state index is -4.85. The van der Waals surface area contributed by atoms with Crippen molar-refractivity contribution in [1.29, 1.82) is 0 Å². The number of benzene rings is 2. The van der Waals surface area contributed by atoms with Crippen molar-refractivity contribution in [3.63, 3.8) is 0 Å². The van der Waals surface area contributed by atoms with Crippen LogP contribution in [0.5, 0.6) is 0 Å². The molecule has 0 aromatic heterocycles. The van der Waals surface area contributed by atoms with E-state index < -0.39 is 22.4 Å². The minimum Gasteiger partial charge on any atom is -0.375 e. The Bertz CT molecular complexity index is 789. The predicted octanol–water partition coefficient (Wildman–Crippen LogP) is 5.49. The van der Waals surface area contributed by atoms with Gasteiger partial charge in [0.2, 0.25) is 0 Å². The Kier molecular flexibility index (Phi) is 5.35. The van der Waals surface area contributed by atoms with Gasteiger partial charge in [-0.2, -0.15) is 23.4 Å².